The topological polar surface area (TPSA) is 54.2 Å². The third-order valence-electron chi connectivity index (χ3n) is 2.75. The smallest absolute Gasteiger partial charge is 0.141 e. The summed E-state index contributed by atoms with van der Waals surface area (Å²) in [7, 11) is 0. The van der Waals surface area contributed by atoms with Crippen LogP contribution in [-0.2, 0) is 6.54 Å². The van der Waals surface area contributed by atoms with Gasteiger partial charge in [0.1, 0.15) is 12.2 Å². The Labute approximate surface area is 89.7 Å². The second-order valence-corrected chi connectivity index (χ2v) is 4.39. The molecule has 0 aliphatic carbocycles. The van der Waals surface area contributed by atoms with Gasteiger partial charge in [0.25, 0.3) is 0 Å². The zero-order valence-electron chi connectivity index (χ0n) is 9.30. The first kappa shape index (κ1) is 10.6. The Morgan fingerprint density at radius 2 is 2.40 bits per heavy atom. The Bertz CT molecular complexity index is 323. The van der Waals surface area contributed by atoms with Crippen LogP contribution in [0, 0.1) is 0 Å². The molecule has 84 valence electrons. The zero-order valence-corrected chi connectivity index (χ0v) is 9.30. The number of hydrogen-bond donors (Lipinski definition) is 1. The molecule has 0 aromatic carbocycles. The summed E-state index contributed by atoms with van der Waals surface area (Å²) in [5.41, 5.74) is 0. The number of β-amino-alcohol motifs (C(OH)–C–C–N with tert-alkyl or cyclic N) is 1. The minimum atomic E-state index is -0.166. The van der Waals surface area contributed by atoms with Gasteiger partial charge in [0.15, 0.2) is 0 Å². The van der Waals surface area contributed by atoms with Gasteiger partial charge in [-0.2, -0.15) is 5.10 Å². The van der Waals surface area contributed by atoms with E-state index in [9.17, 15) is 5.11 Å². The Morgan fingerprint density at radius 1 is 1.60 bits per heavy atom. The van der Waals surface area contributed by atoms with Crippen molar-refractivity contribution in [2.24, 2.45) is 0 Å². The molecule has 1 aliphatic heterocycles. The van der Waals surface area contributed by atoms with Crippen LogP contribution in [0.3, 0.4) is 0 Å². The highest BCUT2D eigenvalue weighted by Crippen LogP contribution is 2.13. The average molecular weight is 210 g/mol. The number of aromatic nitrogens is 3. The van der Waals surface area contributed by atoms with Crippen molar-refractivity contribution in [3.05, 3.63) is 12.2 Å². The zero-order chi connectivity index (χ0) is 10.8. The Kier molecular flexibility index (Phi) is 3.02. The van der Waals surface area contributed by atoms with Gasteiger partial charge in [0.05, 0.1) is 12.6 Å². The predicted molar refractivity (Wildman–Crippen MR) is 56.3 cm³/mol. The maximum atomic E-state index is 9.42. The summed E-state index contributed by atoms with van der Waals surface area (Å²) in [6.07, 6.45) is 2.30. The largest absolute Gasteiger partial charge is 0.392 e. The summed E-state index contributed by atoms with van der Waals surface area (Å²) in [4.78, 5) is 6.47. The molecular formula is C10H18N4O. The number of rotatable bonds is 3. The molecule has 1 atom stereocenters. The van der Waals surface area contributed by atoms with Crippen molar-refractivity contribution < 1.29 is 5.11 Å². The monoisotopic (exact) mass is 210 g/mol. The van der Waals surface area contributed by atoms with Gasteiger partial charge in [-0.15, -0.1) is 0 Å². The second-order valence-electron chi connectivity index (χ2n) is 4.39. The normalized spacial score (nSPS) is 22.8. The molecule has 1 aromatic rings. The van der Waals surface area contributed by atoms with Crippen LogP contribution in [-0.4, -0.2) is 44.0 Å². The molecule has 2 heterocycles. The maximum Gasteiger partial charge on any atom is 0.141 e. The van der Waals surface area contributed by atoms with Crippen LogP contribution >= 0.6 is 0 Å². The maximum absolute atomic E-state index is 9.42. The van der Waals surface area contributed by atoms with Gasteiger partial charge < -0.3 is 5.11 Å². The first-order chi connectivity index (χ1) is 7.16. The lowest BCUT2D eigenvalue weighted by Gasteiger charge is -2.16. The summed E-state index contributed by atoms with van der Waals surface area (Å²) in [6.45, 7) is 6.68. The number of aliphatic hydroxyl groups is 1. The molecular weight excluding hydrogens is 192 g/mol. The lowest BCUT2D eigenvalue weighted by molar-refractivity contribution is 0.173. The first-order valence-corrected chi connectivity index (χ1v) is 5.45. The average Bonchev–Trinajstić information content (AvgIpc) is 2.75. The van der Waals surface area contributed by atoms with Crippen molar-refractivity contribution >= 4 is 0 Å². The van der Waals surface area contributed by atoms with Crippen molar-refractivity contribution in [2.75, 3.05) is 13.1 Å². The molecule has 15 heavy (non-hydrogen) atoms. The van der Waals surface area contributed by atoms with E-state index in [4.69, 9.17) is 0 Å². The highest BCUT2D eigenvalue weighted by molar-refractivity contribution is 4.88. The SMILES string of the molecule is CC(C)n1ncnc1CN1CC[C@@H](O)C1. The lowest BCUT2D eigenvalue weighted by Crippen LogP contribution is -2.24. The minimum absolute atomic E-state index is 0.166. The van der Waals surface area contributed by atoms with E-state index in [1.54, 1.807) is 6.33 Å². The van der Waals surface area contributed by atoms with Crippen LogP contribution in [0.15, 0.2) is 6.33 Å². The van der Waals surface area contributed by atoms with E-state index in [1.165, 1.54) is 0 Å². The molecule has 1 saturated heterocycles. The molecule has 0 unspecified atom stereocenters. The molecule has 1 aliphatic rings. The van der Waals surface area contributed by atoms with Crippen molar-refractivity contribution in [3.63, 3.8) is 0 Å². The van der Waals surface area contributed by atoms with Gasteiger partial charge in [-0.05, 0) is 20.3 Å². The fraction of sp³-hybridized carbons (Fsp3) is 0.800. The third-order valence-corrected chi connectivity index (χ3v) is 2.75. The molecule has 5 heteroatoms. The molecule has 1 fully saturated rings. The fourth-order valence-corrected chi connectivity index (χ4v) is 1.97. The van der Waals surface area contributed by atoms with E-state index in [-0.39, 0.29) is 6.10 Å². The molecule has 0 amide bonds. The van der Waals surface area contributed by atoms with Crippen LogP contribution in [0.1, 0.15) is 32.1 Å². The number of nitrogens with zero attached hydrogens (tertiary/aromatic N) is 4. The minimum Gasteiger partial charge on any atom is -0.392 e. The van der Waals surface area contributed by atoms with E-state index < -0.39 is 0 Å². The number of aliphatic hydroxyl groups excluding tert-OH is 1. The van der Waals surface area contributed by atoms with Gasteiger partial charge >= 0.3 is 0 Å². The van der Waals surface area contributed by atoms with E-state index >= 15 is 0 Å². The van der Waals surface area contributed by atoms with Crippen LogP contribution in [0.5, 0.6) is 0 Å². The van der Waals surface area contributed by atoms with Gasteiger partial charge in [-0.3, -0.25) is 4.90 Å². The van der Waals surface area contributed by atoms with Crippen LogP contribution < -0.4 is 0 Å². The van der Waals surface area contributed by atoms with E-state index in [0.29, 0.717) is 6.04 Å². The summed E-state index contributed by atoms with van der Waals surface area (Å²) >= 11 is 0. The van der Waals surface area contributed by atoms with Gasteiger partial charge in [-0.1, -0.05) is 0 Å². The summed E-state index contributed by atoms with van der Waals surface area (Å²) in [5.74, 6) is 0.985. The summed E-state index contributed by atoms with van der Waals surface area (Å²) in [5, 5.41) is 13.6. The van der Waals surface area contributed by atoms with Gasteiger partial charge in [-0.25, -0.2) is 9.67 Å². The Balaban J connectivity index is 2.01. The van der Waals surface area contributed by atoms with Crippen molar-refractivity contribution in [3.8, 4) is 0 Å². The molecule has 5 nitrogen and oxygen atoms in total. The molecule has 1 aromatic heterocycles. The second kappa shape index (κ2) is 4.28. The molecule has 2 rings (SSSR count). The molecule has 1 N–H and O–H groups in total. The van der Waals surface area contributed by atoms with Crippen molar-refractivity contribution in [1.29, 1.82) is 0 Å². The fourth-order valence-electron chi connectivity index (χ4n) is 1.97. The van der Waals surface area contributed by atoms with Crippen molar-refractivity contribution in [1.82, 2.24) is 19.7 Å². The molecule has 0 bridgehead atoms. The molecule has 0 radical (unpaired) electrons. The number of likely N-dealkylation sites (tertiary alicyclic amines) is 1. The summed E-state index contributed by atoms with van der Waals surface area (Å²) < 4.78 is 1.94. The Morgan fingerprint density at radius 3 is 3.00 bits per heavy atom. The highest BCUT2D eigenvalue weighted by Gasteiger charge is 2.21. The van der Waals surface area contributed by atoms with E-state index in [0.717, 1.165) is 31.9 Å². The van der Waals surface area contributed by atoms with Crippen LogP contribution in [0.2, 0.25) is 0 Å². The molecule has 0 saturated carbocycles. The standard InChI is InChI=1S/C10H18N4O/c1-8(2)14-10(11-7-12-14)6-13-4-3-9(15)5-13/h7-9,15H,3-6H2,1-2H3/t9-/m1/s1. The van der Waals surface area contributed by atoms with Crippen LogP contribution in [0.25, 0.3) is 0 Å². The van der Waals surface area contributed by atoms with Gasteiger partial charge in [0, 0.05) is 19.1 Å². The quantitative estimate of drug-likeness (QED) is 0.786. The third kappa shape index (κ3) is 2.35. The first-order valence-electron chi connectivity index (χ1n) is 5.45. The number of hydrogen-bond acceptors (Lipinski definition) is 4. The van der Waals surface area contributed by atoms with E-state index in [1.807, 2.05) is 4.68 Å². The van der Waals surface area contributed by atoms with Crippen molar-refractivity contribution in [2.45, 2.75) is 39.0 Å². The Hall–Kier alpha value is -0.940. The summed E-state index contributed by atoms with van der Waals surface area (Å²) in [6, 6.07) is 0.343. The van der Waals surface area contributed by atoms with Crippen LogP contribution in [0.4, 0.5) is 0 Å². The van der Waals surface area contributed by atoms with E-state index in [2.05, 4.69) is 28.8 Å². The lowest BCUT2D eigenvalue weighted by atomic mass is 10.3. The molecule has 0 spiro atoms. The van der Waals surface area contributed by atoms with Gasteiger partial charge in [0.2, 0.25) is 0 Å². The predicted octanol–water partition coefficient (Wildman–Crippen LogP) is 0.426. The highest BCUT2D eigenvalue weighted by atomic mass is 16.3.